The predicted octanol–water partition coefficient (Wildman–Crippen LogP) is 2.76. The maximum absolute atomic E-state index is 4.61. The molecule has 1 N–H and O–H groups in total. The van der Waals surface area contributed by atoms with Crippen LogP contribution in [0.25, 0.3) is 11.4 Å². The minimum absolute atomic E-state index is 0.731. The first-order valence-electron chi connectivity index (χ1n) is 6.14. The predicted molar refractivity (Wildman–Crippen MR) is 73.7 cm³/mol. The van der Waals surface area contributed by atoms with Crippen LogP contribution in [-0.2, 0) is 6.42 Å². The average molecular weight is 242 g/mol. The van der Waals surface area contributed by atoms with Crippen LogP contribution in [-0.4, -0.2) is 22.0 Å². The van der Waals surface area contributed by atoms with Crippen LogP contribution in [0.2, 0.25) is 0 Å². The summed E-state index contributed by atoms with van der Waals surface area (Å²) < 4.78 is 0. The SMILES string of the molecule is CCc1nc(-c2ccc(C)nc2)nc(NC)c1C. The van der Waals surface area contributed by atoms with Gasteiger partial charge in [0.1, 0.15) is 5.82 Å². The summed E-state index contributed by atoms with van der Waals surface area (Å²) in [5.74, 6) is 1.62. The Morgan fingerprint density at radius 3 is 2.50 bits per heavy atom. The van der Waals surface area contributed by atoms with Crippen LogP contribution in [0.15, 0.2) is 18.3 Å². The van der Waals surface area contributed by atoms with Crippen molar-refractivity contribution in [2.45, 2.75) is 27.2 Å². The molecule has 0 aliphatic rings. The maximum Gasteiger partial charge on any atom is 0.163 e. The van der Waals surface area contributed by atoms with Gasteiger partial charge in [0.2, 0.25) is 0 Å². The fraction of sp³-hybridized carbons (Fsp3) is 0.357. The molecule has 0 aliphatic heterocycles. The van der Waals surface area contributed by atoms with Crippen molar-refractivity contribution in [1.82, 2.24) is 15.0 Å². The molecule has 0 fully saturated rings. The van der Waals surface area contributed by atoms with E-state index in [-0.39, 0.29) is 0 Å². The van der Waals surface area contributed by atoms with Crippen LogP contribution in [0.5, 0.6) is 0 Å². The van der Waals surface area contributed by atoms with Gasteiger partial charge in [-0.3, -0.25) is 4.98 Å². The number of hydrogen-bond donors (Lipinski definition) is 1. The van der Waals surface area contributed by atoms with Crippen molar-refractivity contribution in [1.29, 1.82) is 0 Å². The summed E-state index contributed by atoms with van der Waals surface area (Å²) in [6.45, 7) is 6.12. The van der Waals surface area contributed by atoms with Gasteiger partial charge in [0.05, 0.1) is 0 Å². The summed E-state index contributed by atoms with van der Waals surface area (Å²) in [4.78, 5) is 13.4. The molecule has 2 heterocycles. The lowest BCUT2D eigenvalue weighted by Crippen LogP contribution is -2.04. The highest BCUT2D eigenvalue weighted by atomic mass is 15.0. The van der Waals surface area contributed by atoms with Gasteiger partial charge in [-0.05, 0) is 32.4 Å². The van der Waals surface area contributed by atoms with Crippen LogP contribution >= 0.6 is 0 Å². The molecule has 0 radical (unpaired) electrons. The summed E-state index contributed by atoms with van der Waals surface area (Å²) in [6.07, 6.45) is 2.72. The minimum Gasteiger partial charge on any atom is -0.373 e. The van der Waals surface area contributed by atoms with Gasteiger partial charge in [0, 0.05) is 35.8 Å². The molecule has 2 aromatic rings. The molecule has 0 spiro atoms. The van der Waals surface area contributed by atoms with E-state index in [0.717, 1.165) is 40.6 Å². The molecule has 2 aromatic heterocycles. The van der Waals surface area contributed by atoms with E-state index in [2.05, 4.69) is 27.2 Å². The van der Waals surface area contributed by atoms with Crippen molar-refractivity contribution in [2.24, 2.45) is 0 Å². The van der Waals surface area contributed by atoms with E-state index in [0.29, 0.717) is 0 Å². The molecule has 4 heteroatoms. The zero-order valence-corrected chi connectivity index (χ0v) is 11.3. The molecule has 4 nitrogen and oxygen atoms in total. The lowest BCUT2D eigenvalue weighted by Gasteiger charge is -2.11. The Kier molecular flexibility index (Phi) is 3.55. The van der Waals surface area contributed by atoms with E-state index in [1.807, 2.05) is 39.2 Å². The van der Waals surface area contributed by atoms with Gasteiger partial charge in [-0.2, -0.15) is 0 Å². The molecule has 0 saturated carbocycles. The second-order valence-electron chi connectivity index (χ2n) is 4.26. The van der Waals surface area contributed by atoms with Crippen molar-refractivity contribution in [3.8, 4) is 11.4 Å². The van der Waals surface area contributed by atoms with Gasteiger partial charge < -0.3 is 5.32 Å². The zero-order valence-electron chi connectivity index (χ0n) is 11.3. The standard InChI is InChI=1S/C14H18N4/c1-5-12-10(3)13(15-4)18-14(17-12)11-7-6-9(2)16-8-11/h6-8H,5H2,1-4H3,(H,15,17,18). The lowest BCUT2D eigenvalue weighted by atomic mass is 10.1. The molecule has 18 heavy (non-hydrogen) atoms. The molecule has 0 saturated heterocycles. The van der Waals surface area contributed by atoms with Crippen molar-refractivity contribution in [3.63, 3.8) is 0 Å². The first kappa shape index (κ1) is 12.5. The molecular weight excluding hydrogens is 224 g/mol. The van der Waals surface area contributed by atoms with Gasteiger partial charge in [0.15, 0.2) is 5.82 Å². The maximum atomic E-state index is 4.61. The highest BCUT2D eigenvalue weighted by Gasteiger charge is 2.10. The van der Waals surface area contributed by atoms with Gasteiger partial charge in [-0.1, -0.05) is 6.92 Å². The van der Waals surface area contributed by atoms with Crippen LogP contribution in [0.4, 0.5) is 5.82 Å². The first-order valence-corrected chi connectivity index (χ1v) is 6.14. The Morgan fingerprint density at radius 2 is 1.94 bits per heavy atom. The number of rotatable bonds is 3. The van der Waals surface area contributed by atoms with Crippen molar-refractivity contribution >= 4 is 5.82 Å². The lowest BCUT2D eigenvalue weighted by molar-refractivity contribution is 0.976. The number of anilines is 1. The zero-order chi connectivity index (χ0) is 13.1. The van der Waals surface area contributed by atoms with E-state index in [1.165, 1.54) is 0 Å². The number of hydrogen-bond acceptors (Lipinski definition) is 4. The molecule has 0 amide bonds. The summed E-state index contributed by atoms with van der Waals surface area (Å²) in [7, 11) is 1.88. The molecule has 2 rings (SSSR count). The van der Waals surface area contributed by atoms with Crippen molar-refractivity contribution in [3.05, 3.63) is 35.3 Å². The third-order valence-corrected chi connectivity index (χ3v) is 2.99. The van der Waals surface area contributed by atoms with Crippen LogP contribution in [0.1, 0.15) is 23.9 Å². The van der Waals surface area contributed by atoms with E-state index in [9.17, 15) is 0 Å². The Hall–Kier alpha value is -1.97. The van der Waals surface area contributed by atoms with E-state index < -0.39 is 0 Å². The average Bonchev–Trinajstić information content (AvgIpc) is 2.40. The fourth-order valence-electron chi connectivity index (χ4n) is 1.88. The summed E-state index contributed by atoms with van der Waals surface area (Å²) in [5, 5.41) is 3.12. The van der Waals surface area contributed by atoms with Gasteiger partial charge in [0.25, 0.3) is 0 Å². The number of pyridine rings is 1. The minimum atomic E-state index is 0.731. The quantitative estimate of drug-likeness (QED) is 0.899. The van der Waals surface area contributed by atoms with E-state index >= 15 is 0 Å². The van der Waals surface area contributed by atoms with Crippen LogP contribution < -0.4 is 5.32 Å². The molecular formula is C14H18N4. The van der Waals surface area contributed by atoms with Crippen LogP contribution in [0.3, 0.4) is 0 Å². The fourth-order valence-corrected chi connectivity index (χ4v) is 1.88. The van der Waals surface area contributed by atoms with Crippen molar-refractivity contribution < 1.29 is 0 Å². The molecule has 0 atom stereocenters. The molecule has 94 valence electrons. The van der Waals surface area contributed by atoms with Crippen molar-refractivity contribution in [2.75, 3.05) is 12.4 Å². The first-order chi connectivity index (χ1) is 8.65. The highest BCUT2D eigenvalue weighted by molar-refractivity contribution is 5.58. The van der Waals surface area contributed by atoms with E-state index in [4.69, 9.17) is 0 Å². The summed E-state index contributed by atoms with van der Waals surface area (Å²) in [5.41, 5.74) is 4.14. The summed E-state index contributed by atoms with van der Waals surface area (Å²) >= 11 is 0. The second-order valence-corrected chi connectivity index (χ2v) is 4.26. The monoisotopic (exact) mass is 242 g/mol. The largest absolute Gasteiger partial charge is 0.373 e. The smallest absolute Gasteiger partial charge is 0.163 e. The third-order valence-electron chi connectivity index (χ3n) is 2.99. The number of aromatic nitrogens is 3. The van der Waals surface area contributed by atoms with Gasteiger partial charge >= 0.3 is 0 Å². The Morgan fingerprint density at radius 1 is 1.17 bits per heavy atom. The van der Waals surface area contributed by atoms with Gasteiger partial charge in [-0.15, -0.1) is 0 Å². The highest BCUT2D eigenvalue weighted by Crippen LogP contribution is 2.21. The van der Waals surface area contributed by atoms with Gasteiger partial charge in [-0.25, -0.2) is 9.97 Å². The number of nitrogens with one attached hydrogen (secondary N) is 1. The van der Waals surface area contributed by atoms with E-state index in [1.54, 1.807) is 0 Å². The molecule has 0 unspecified atom stereocenters. The molecule has 0 bridgehead atoms. The molecule has 0 aromatic carbocycles. The Balaban J connectivity index is 2.54. The topological polar surface area (TPSA) is 50.7 Å². The summed E-state index contributed by atoms with van der Waals surface area (Å²) in [6, 6.07) is 3.98. The second kappa shape index (κ2) is 5.12. The third kappa shape index (κ3) is 2.32. The Bertz CT molecular complexity index is 521. The number of aryl methyl sites for hydroxylation is 2. The number of nitrogens with zero attached hydrogens (tertiary/aromatic N) is 3. The normalized spacial score (nSPS) is 10.4. The molecule has 0 aliphatic carbocycles. The Labute approximate surface area is 108 Å². The van der Waals surface area contributed by atoms with Crippen LogP contribution in [0, 0.1) is 13.8 Å².